The van der Waals surface area contributed by atoms with Gasteiger partial charge in [-0.3, -0.25) is 4.98 Å². The normalized spacial score (nSPS) is 10.5. The molecule has 100 valence electrons. The molecule has 0 aliphatic heterocycles. The quantitative estimate of drug-likeness (QED) is 0.891. The van der Waals surface area contributed by atoms with Crippen LogP contribution in [-0.2, 0) is 13.0 Å². The molecule has 2 aromatic rings. The van der Waals surface area contributed by atoms with E-state index in [2.05, 4.69) is 9.97 Å². The number of halogens is 1. The summed E-state index contributed by atoms with van der Waals surface area (Å²) in [4.78, 5) is 9.96. The Bertz CT molecular complexity index is 533. The first-order chi connectivity index (χ1) is 9.22. The van der Waals surface area contributed by atoms with Crippen molar-refractivity contribution in [1.29, 1.82) is 0 Å². The largest absolute Gasteiger partial charge is 0.392 e. The van der Waals surface area contributed by atoms with Gasteiger partial charge < -0.3 is 10.0 Å². The Morgan fingerprint density at radius 2 is 2.05 bits per heavy atom. The predicted octanol–water partition coefficient (Wildman–Crippen LogP) is 1.79. The Hall–Kier alpha value is -2.01. The molecule has 0 aliphatic carbocycles. The highest BCUT2D eigenvalue weighted by atomic mass is 19.1. The van der Waals surface area contributed by atoms with Gasteiger partial charge in [0, 0.05) is 43.7 Å². The molecule has 4 nitrogen and oxygen atoms in total. The molecule has 1 N–H and O–H groups in total. The number of nitrogens with zero attached hydrogens (tertiary/aromatic N) is 3. The zero-order valence-corrected chi connectivity index (χ0v) is 10.8. The standard InChI is InChI=1S/C14H16FN3O/c1-18(9-6-12-4-2-3-7-16-12)14-13(15)11(10-19)5-8-17-14/h2-5,7-8,19H,6,9-10H2,1H3. The van der Waals surface area contributed by atoms with E-state index in [0.717, 1.165) is 5.69 Å². The summed E-state index contributed by atoms with van der Waals surface area (Å²) in [6.07, 6.45) is 3.95. The van der Waals surface area contributed by atoms with Crippen molar-refractivity contribution in [2.45, 2.75) is 13.0 Å². The van der Waals surface area contributed by atoms with E-state index in [1.165, 1.54) is 12.3 Å². The average molecular weight is 261 g/mol. The van der Waals surface area contributed by atoms with Crippen molar-refractivity contribution in [3.05, 3.63) is 53.7 Å². The third-order valence-corrected chi connectivity index (χ3v) is 2.91. The molecule has 0 radical (unpaired) electrons. The SMILES string of the molecule is CN(CCc1ccccn1)c1nccc(CO)c1F. The average Bonchev–Trinajstić information content (AvgIpc) is 2.46. The van der Waals surface area contributed by atoms with Gasteiger partial charge >= 0.3 is 0 Å². The second-order valence-electron chi connectivity index (χ2n) is 4.26. The monoisotopic (exact) mass is 261 g/mol. The molecule has 0 atom stereocenters. The molecule has 0 fully saturated rings. The lowest BCUT2D eigenvalue weighted by atomic mass is 10.2. The van der Waals surface area contributed by atoms with Gasteiger partial charge in [0.25, 0.3) is 0 Å². The highest BCUT2D eigenvalue weighted by molar-refractivity contribution is 5.42. The minimum atomic E-state index is -0.464. The van der Waals surface area contributed by atoms with Crippen LogP contribution < -0.4 is 4.90 Å². The van der Waals surface area contributed by atoms with E-state index in [1.54, 1.807) is 18.1 Å². The van der Waals surface area contributed by atoms with Gasteiger partial charge in [0.15, 0.2) is 11.6 Å². The molecule has 0 aromatic carbocycles. The summed E-state index contributed by atoms with van der Waals surface area (Å²) in [7, 11) is 1.77. The van der Waals surface area contributed by atoms with Crippen molar-refractivity contribution < 1.29 is 9.50 Å². The Balaban J connectivity index is 2.06. The van der Waals surface area contributed by atoms with Crippen molar-refractivity contribution in [3.63, 3.8) is 0 Å². The van der Waals surface area contributed by atoms with Crippen LogP contribution >= 0.6 is 0 Å². The van der Waals surface area contributed by atoms with Gasteiger partial charge in [-0.25, -0.2) is 9.37 Å². The van der Waals surface area contributed by atoms with Crippen LogP contribution in [0.4, 0.5) is 10.2 Å². The van der Waals surface area contributed by atoms with Crippen LogP contribution in [0.15, 0.2) is 36.7 Å². The van der Waals surface area contributed by atoms with Gasteiger partial charge in [0.2, 0.25) is 0 Å². The van der Waals surface area contributed by atoms with Crippen LogP contribution in [0.2, 0.25) is 0 Å². The molecule has 0 amide bonds. The van der Waals surface area contributed by atoms with Crippen molar-refractivity contribution in [1.82, 2.24) is 9.97 Å². The fraction of sp³-hybridized carbons (Fsp3) is 0.286. The smallest absolute Gasteiger partial charge is 0.171 e. The van der Waals surface area contributed by atoms with Gasteiger partial charge in [0.1, 0.15) is 0 Å². The number of aliphatic hydroxyl groups excluding tert-OH is 1. The first kappa shape index (κ1) is 13.4. The van der Waals surface area contributed by atoms with Crippen LogP contribution in [0.3, 0.4) is 0 Å². The van der Waals surface area contributed by atoms with Gasteiger partial charge in [-0.1, -0.05) is 6.07 Å². The first-order valence-electron chi connectivity index (χ1n) is 6.07. The molecule has 2 aromatic heterocycles. The van der Waals surface area contributed by atoms with Crippen LogP contribution in [0, 0.1) is 5.82 Å². The molecule has 0 aliphatic rings. The van der Waals surface area contributed by atoms with Crippen LogP contribution in [-0.4, -0.2) is 28.7 Å². The van der Waals surface area contributed by atoms with E-state index in [0.29, 0.717) is 13.0 Å². The maximum absolute atomic E-state index is 14.0. The van der Waals surface area contributed by atoms with Crippen molar-refractivity contribution >= 4 is 5.82 Å². The number of hydrogen-bond donors (Lipinski definition) is 1. The fourth-order valence-electron chi connectivity index (χ4n) is 1.79. The van der Waals surface area contributed by atoms with E-state index < -0.39 is 5.82 Å². The van der Waals surface area contributed by atoms with Crippen LogP contribution in [0.25, 0.3) is 0 Å². The first-order valence-corrected chi connectivity index (χ1v) is 6.07. The van der Waals surface area contributed by atoms with E-state index >= 15 is 0 Å². The number of rotatable bonds is 5. The fourth-order valence-corrected chi connectivity index (χ4v) is 1.79. The summed E-state index contributed by atoms with van der Waals surface area (Å²) in [5, 5.41) is 9.04. The topological polar surface area (TPSA) is 49.2 Å². The summed E-state index contributed by atoms with van der Waals surface area (Å²) in [6, 6.07) is 7.19. The lowest BCUT2D eigenvalue weighted by Gasteiger charge is -2.19. The number of hydrogen-bond acceptors (Lipinski definition) is 4. The Morgan fingerprint density at radius 3 is 2.74 bits per heavy atom. The van der Waals surface area contributed by atoms with Gasteiger partial charge in [0.05, 0.1) is 6.61 Å². The predicted molar refractivity (Wildman–Crippen MR) is 71.3 cm³/mol. The van der Waals surface area contributed by atoms with E-state index in [4.69, 9.17) is 5.11 Å². The molecule has 0 saturated carbocycles. The Labute approximate surface area is 111 Å². The summed E-state index contributed by atoms with van der Waals surface area (Å²) in [5.74, 6) is -0.212. The van der Waals surface area contributed by atoms with Crippen LogP contribution in [0.1, 0.15) is 11.3 Å². The molecule has 2 heterocycles. The zero-order chi connectivity index (χ0) is 13.7. The number of aromatic nitrogens is 2. The van der Waals surface area contributed by atoms with E-state index in [1.807, 2.05) is 18.2 Å². The second-order valence-corrected chi connectivity index (χ2v) is 4.26. The molecule has 5 heteroatoms. The van der Waals surface area contributed by atoms with E-state index in [9.17, 15) is 4.39 Å². The minimum Gasteiger partial charge on any atom is -0.392 e. The third-order valence-electron chi connectivity index (χ3n) is 2.91. The number of pyridine rings is 2. The summed E-state index contributed by atoms with van der Waals surface area (Å²) in [5.41, 5.74) is 1.21. The Morgan fingerprint density at radius 1 is 1.21 bits per heavy atom. The molecule has 0 saturated heterocycles. The van der Waals surface area contributed by atoms with Crippen molar-refractivity contribution in [3.8, 4) is 0 Å². The molecule has 0 unspecified atom stereocenters. The Kier molecular flexibility index (Phi) is 4.41. The van der Waals surface area contributed by atoms with E-state index in [-0.39, 0.29) is 18.0 Å². The molecular weight excluding hydrogens is 245 g/mol. The molecule has 0 bridgehead atoms. The summed E-state index contributed by atoms with van der Waals surface area (Å²) < 4.78 is 14.0. The molecule has 19 heavy (non-hydrogen) atoms. The maximum Gasteiger partial charge on any atom is 0.171 e. The maximum atomic E-state index is 14.0. The highest BCUT2D eigenvalue weighted by Crippen LogP contribution is 2.18. The highest BCUT2D eigenvalue weighted by Gasteiger charge is 2.12. The van der Waals surface area contributed by atoms with Crippen molar-refractivity contribution in [2.24, 2.45) is 0 Å². The summed E-state index contributed by atoms with van der Waals surface area (Å²) >= 11 is 0. The summed E-state index contributed by atoms with van der Waals surface area (Å²) in [6.45, 7) is 0.283. The number of likely N-dealkylation sites (N-methyl/N-ethyl adjacent to an activating group) is 1. The lowest BCUT2D eigenvalue weighted by Crippen LogP contribution is -2.23. The second kappa shape index (κ2) is 6.24. The molecular formula is C14H16FN3O. The van der Waals surface area contributed by atoms with Crippen molar-refractivity contribution in [2.75, 3.05) is 18.5 Å². The zero-order valence-electron chi connectivity index (χ0n) is 10.8. The molecule has 2 rings (SSSR count). The minimum absolute atomic E-state index is 0.252. The van der Waals surface area contributed by atoms with Gasteiger partial charge in [-0.05, 0) is 18.2 Å². The lowest BCUT2D eigenvalue weighted by molar-refractivity contribution is 0.275. The number of anilines is 1. The van der Waals surface area contributed by atoms with Gasteiger partial charge in [-0.15, -0.1) is 0 Å². The number of aliphatic hydroxyl groups is 1. The third kappa shape index (κ3) is 3.26. The van der Waals surface area contributed by atoms with Gasteiger partial charge in [-0.2, -0.15) is 0 Å². The van der Waals surface area contributed by atoms with Crippen LogP contribution in [0.5, 0.6) is 0 Å². The molecule has 0 spiro atoms.